The molecule has 3 nitrogen and oxygen atoms in total. The summed E-state index contributed by atoms with van der Waals surface area (Å²) in [4.78, 5) is 10.2. The van der Waals surface area contributed by atoms with Crippen LogP contribution in [-0.2, 0) is 4.79 Å². The van der Waals surface area contributed by atoms with Gasteiger partial charge in [-0.2, -0.15) is 0 Å². The van der Waals surface area contributed by atoms with E-state index >= 15 is 0 Å². The molecule has 0 aliphatic rings. The second kappa shape index (κ2) is 8.33. The van der Waals surface area contributed by atoms with Crippen LogP contribution >= 0.6 is 0 Å². The van der Waals surface area contributed by atoms with Gasteiger partial charge in [-0.3, -0.25) is 4.79 Å². The number of benzene rings is 1. The van der Waals surface area contributed by atoms with E-state index in [4.69, 9.17) is 9.84 Å². The minimum Gasteiger partial charge on any atom is -0.497 e. The fraction of sp³-hybridized carbons (Fsp3) is 0.308. The Kier molecular flexibility index (Phi) is 7.43. The molecule has 0 amide bonds. The SMILES string of the molecule is CC.COc1cc(F)cc(/C=C/CC(=O)O)c1. The van der Waals surface area contributed by atoms with Crippen molar-refractivity contribution in [2.24, 2.45) is 0 Å². The smallest absolute Gasteiger partial charge is 0.307 e. The zero-order valence-electron chi connectivity index (χ0n) is 10.2. The maximum Gasteiger partial charge on any atom is 0.307 e. The van der Waals surface area contributed by atoms with Crippen LogP contribution in [-0.4, -0.2) is 18.2 Å². The summed E-state index contributed by atoms with van der Waals surface area (Å²) < 4.78 is 17.8. The number of carbonyl (C=O) groups is 1. The fourth-order valence-corrected chi connectivity index (χ4v) is 1.09. The van der Waals surface area contributed by atoms with E-state index in [0.29, 0.717) is 11.3 Å². The molecular formula is C13H17FO3. The summed E-state index contributed by atoms with van der Waals surface area (Å²) in [5.41, 5.74) is 0.577. The van der Waals surface area contributed by atoms with Crippen LogP contribution in [0.3, 0.4) is 0 Å². The molecule has 0 heterocycles. The highest BCUT2D eigenvalue weighted by Gasteiger charge is 1.98. The summed E-state index contributed by atoms with van der Waals surface area (Å²) in [6, 6.07) is 4.19. The predicted octanol–water partition coefficient (Wildman–Crippen LogP) is 3.35. The Labute approximate surface area is 101 Å². The van der Waals surface area contributed by atoms with Crippen molar-refractivity contribution in [1.82, 2.24) is 0 Å². The number of methoxy groups -OCH3 is 1. The number of aliphatic carboxylic acids is 1. The summed E-state index contributed by atoms with van der Waals surface area (Å²) in [5.74, 6) is -0.927. The highest BCUT2D eigenvalue weighted by Crippen LogP contribution is 2.16. The summed E-state index contributed by atoms with van der Waals surface area (Å²) in [7, 11) is 1.44. The lowest BCUT2D eigenvalue weighted by molar-refractivity contribution is -0.135. The van der Waals surface area contributed by atoms with Crippen LogP contribution in [0.2, 0.25) is 0 Å². The first-order valence-corrected chi connectivity index (χ1v) is 5.34. The third-order valence-corrected chi connectivity index (χ3v) is 1.73. The lowest BCUT2D eigenvalue weighted by atomic mass is 10.2. The van der Waals surface area contributed by atoms with Crippen LogP contribution in [0.1, 0.15) is 25.8 Å². The van der Waals surface area contributed by atoms with E-state index in [2.05, 4.69) is 0 Å². The van der Waals surface area contributed by atoms with Gasteiger partial charge in [0.2, 0.25) is 0 Å². The van der Waals surface area contributed by atoms with Crippen molar-refractivity contribution in [2.75, 3.05) is 7.11 Å². The van der Waals surface area contributed by atoms with E-state index in [-0.39, 0.29) is 6.42 Å². The lowest BCUT2D eigenvalue weighted by Gasteiger charge is -2.01. The molecule has 1 rings (SSSR count). The number of carboxylic acid groups (broad SMARTS) is 1. The van der Waals surface area contributed by atoms with Crippen LogP contribution < -0.4 is 4.74 Å². The van der Waals surface area contributed by atoms with Crippen LogP contribution in [0.25, 0.3) is 6.08 Å². The zero-order chi connectivity index (χ0) is 13.3. The molecule has 1 aromatic rings. The second-order valence-corrected chi connectivity index (χ2v) is 2.92. The normalized spacial score (nSPS) is 9.65. The van der Waals surface area contributed by atoms with Gasteiger partial charge in [-0.15, -0.1) is 0 Å². The Morgan fingerprint density at radius 1 is 1.41 bits per heavy atom. The first-order chi connectivity index (χ1) is 8.11. The number of halogens is 1. The number of ether oxygens (including phenoxy) is 1. The average molecular weight is 240 g/mol. The van der Waals surface area contributed by atoms with E-state index in [9.17, 15) is 9.18 Å². The van der Waals surface area contributed by atoms with Crippen molar-refractivity contribution in [2.45, 2.75) is 20.3 Å². The fourth-order valence-electron chi connectivity index (χ4n) is 1.09. The third-order valence-electron chi connectivity index (χ3n) is 1.73. The molecule has 0 saturated carbocycles. The van der Waals surface area contributed by atoms with Gasteiger partial charge in [0.25, 0.3) is 0 Å². The molecule has 0 aliphatic heterocycles. The number of hydrogen-bond donors (Lipinski definition) is 1. The summed E-state index contributed by atoms with van der Waals surface area (Å²) in [6.07, 6.45) is 2.91. The van der Waals surface area contributed by atoms with Gasteiger partial charge in [-0.05, 0) is 17.7 Å². The summed E-state index contributed by atoms with van der Waals surface area (Å²) >= 11 is 0. The van der Waals surface area contributed by atoms with Crippen LogP contribution in [0.4, 0.5) is 4.39 Å². The minimum absolute atomic E-state index is 0.0845. The molecule has 1 aromatic carbocycles. The number of hydrogen-bond acceptors (Lipinski definition) is 2. The number of carboxylic acids is 1. The standard InChI is InChI=1S/C11H11FO3.C2H6/c1-15-10-6-8(5-9(12)7-10)3-2-4-11(13)14;1-2/h2-3,5-7H,4H2,1H3,(H,13,14);1-2H3/b3-2+;. The summed E-state index contributed by atoms with van der Waals surface area (Å²) in [6.45, 7) is 4.00. The maximum atomic E-state index is 13.0. The Bertz CT molecular complexity index is 386. The molecule has 4 heteroatoms. The molecule has 0 unspecified atom stereocenters. The van der Waals surface area contributed by atoms with Gasteiger partial charge in [0.15, 0.2) is 0 Å². The molecule has 0 radical (unpaired) electrons. The highest BCUT2D eigenvalue weighted by molar-refractivity contribution is 5.70. The summed E-state index contributed by atoms with van der Waals surface area (Å²) in [5, 5.41) is 8.40. The van der Waals surface area contributed by atoms with Crippen LogP contribution in [0, 0.1) is 5.82 Å². The van der Waals surface area contributed by atoms with E-state index < -0.39 is 11.8 Å². The van der Waals surface area contributed by atoms with Crippen molar-refractivity contribution >= 4 is 12.0 Å². The number of rotatable bonds is 4. The molecule has 0 spiro atoms. The predicted molar refractivity (Wildman–Crippen MR) is 65.6 cm³/mol. The average Bonchev–Trinajstić information content (AvgIpc) is 2.30. The first-order valence-electron chi connectivity index (χ1n) is 5.34. The largest absolute Gasteiger partial charge is 0.497 e. The lowest BCUT2D eigenvalue weighted by Crippen LogP contribution is -1.90. The molecule has 0 atom stereocenters. The molecule has 17 heavy (non-hydrogen) atoms. The van der Waals surface area contributed by atoms with Gasteiger partial charge in [0.1, 0.15) is 11.6 Å². The quantitative estimate of drug-likeness (QED) is 0.877. The van der Waals surface area contributed by atoms with E-state index in [1.165, 1.54) is 25.3 Å². The Hall–Kier alpha value is -1.84. The first kappa shape index (κ1) is 15.2. The Morgan fingerprint density at radius 3 is 2.59 bits per heavy atom. The monoisotopic (exact) mass is 240 g/mol. The van der Waals surface area contributed by atoms with Crippen molar-refractivity contribution in [3.63, 3.8) is 0 Å². The molecule has 0 saturated heterocycles. The molecular weight excluding hydrogens is 223 g/mol. The zero-order valence-corrected chi connectivity index (χ0v) is 10.2. The Morgan fingerprint density at radius 2 is 2.06 bits per heavy atom. The molecule has 0 bridgehead atoms. The minimum atomic E-state index is -0.922. The van der Waals surface area contributed by atoms with E-state index in [0.717, 1.165) is 0 Å². The van der Waals surface area contributed by atoms with Gasteiger partial charge in [-0.1, -0.05) is 26.0 Å². The van der Waals surface area contributed by atoms with E-state index in [1.807, 2.05) is 13.8 Å². The van der Waals surface area contributed by atoms with Crippen molar-refractivity contribution < 1.29 is 19.0 Å². The second-order valence-electron chi connectivity index (χ2n) is 2.92. The van der Waals surface area contributed by atoms with Crippen LogP contribution in [0.15, 0.2) is 24.3 Å². The van der Waals surface area contributed by atoms with Crippen LogP contribution in [0.5, 0.6) is 5.75 Å². The molecule has 0 fully saturated rings. The maximum absolute atomic E-state index is 13.0. The molecule has 0 aromatic heterocycles. The topological polar surface area (TPSA) is 46.5 Å². The van der Waals surface area contributed by atoms with Gasteiger partial charge in [0.05, 0.1) is 13.5 Å². The van der Waals surface area contributed by atoms with Crippen molar-refractivity contribution in [3.05, 3.63) is 35.7 Å². The molecule has 0 aliphatic carbocycles. The van der Waals surface area contributed by atoms with Gasteiger partial charge in [0, 0.05) is 6.07 Å². The van der Waals surface area contributed by atoms with Crippen molar-refractivity contribution in [3.8, 4) is 5.75 Å². The Balaban J connectivity index is 0.00000121. The van der Waals surface area contributed by atoms with E-state index in [1.54, 1.807) is 12.1 Å². The van der Waals surface area contributed by atoms with Gasteiger partial charge in [-0.25, -0.2) is 4.39 Å². The van der Waals surface area contributed by atoms with Gasteiger partial charge < -0.3 is 9.84 Å². The van der Waals surface area contributed by atoms with Crippen molar-refractivity contribution in [1.29, 1.82) is 0 Å². The highest BCUT2D eigenvalue weighted by atomic mass is 19.1. The molecule has 1 N–H and O–H groups in total. The van der Waals surface area contributed by atoms with Gasteiger partial charge >= 0.3 is 5.97 Å². The molecule has 94 valence electrons. The third kappa shape index (κ3) is 6.35.